The van der Waals surface area contributed by atoms with Gasteiger partial charge in [-0.25, -0.2) is 10.0 Å². The number of hydrogen-bond donors (Lipinski definition) is 0. The normalized spacial score (nSPS) is 23.1. The van der Waals surface area contributed by atoms with Crippen molar-refractivity contribution < 1.29 is 0 Å². The number of fused-ring (bicyclic) bond motifs is 6. The number of nitrogens with zero attached hydrogens (tertiary/aromatic N) is 1. The molecule has 0 amide bonds. The van der Waals surface area contributed by atoms with Gasteiger partial charge in [-0.05, 0) is 185 Å². The predicted octanol–water partition coefficient (Wildman–Crippen LogP) is 15.6. The lowest BCUT2D eigenvalue weighted by Crippen LogP contribution is -2.55. The zero-order valence-electron chi connectivity index (χ0n) is 33.6. The molecule has 4 fully saturated rings. The van der Waals surface area contributed by atoms with Crippen molar-refractivity contribution in [2.24, 2.45) is 23.7 Å². The second-order valence-electron chi connectivity index (χ2n) is 18.6. The standard InChI is InChI=1S/C55H49NS2/c1-58(2,3)46-22-19-44(20-23-46)56(43-17-13-38(14-18-43)37-9-5-4-6-10-37)45-21-25-49-48-24-15-40(33-53(48)57-54(49)34-45)39-16-26-52-50(32-39)47-11-7-8-12-51(47)55(52)41-28-35-27-36(30-41)31-42(55)29-35/h4-26,32-36,41-42H,27-31H2,1-3H3. The molecule has 58 heavy (non-hydrogen) atoms. The molecule has 4 saturated carbocycles. The SMILES string of the molecule is CS(C)(C)c1ccc(N(c2ccc(-c3ccccc3)cc2)c2ccc3c(c2)sc2cc(-c4ccc5c(c4)-c4ccccc4C54C5CC6CC(C5)CC4C6)ccc23)cc1. The molecule has 4 bridgehead atoms. The largest absolute Gasteiger partial charge is 0.310 e. The number of thiophene rings is 1. The van der Waals surface area contributed by atoms with E-state index < -0.39 is 10.0 Å². The van der Waals surface area contributed by atoms with Gasteiger partial charge in [0, 0.05) is 42.6 Å². The molecule has 1 heterocycles. The van der Waals surface area contributed by atoms with E-state index in [1.807, 2.05) is 11.3 Å². The van der Waals surface area contributed by atoms with Crippen molar-refractivity contribution in [3.63, 3.8) is 0 Å². The molecule has 13 rings (SSSR count). The van der Waals surface area contributed by atoms with Crippen LogP contribution in [-0.2, 0) is 5.41 Å². The highest BCUT2D eigenvalue weighted by molar-refractivity contribution is 8.32. The molecule has 1 nitrogen and oxygen atoms in total. The molecular formula is C55H49NS2. The third-order valence-corrected chi connectivity index (χ3v) is 17.4. The first-order valence-electron chi connectivity index (χ1n) is 21.3. The lowest BCUT2D eigenvalue weighted by molar-refractivity contribution is -0.0399. The second-order valence-corrected chi connectivity index (χ2v) is 23.8. The van der Waals surface area contributed by atoms with E-state index in [4.69, 9.17) is 0 Å². The molecule has 0 aliphatic heterocycles. The van der Waals surface area contributed by atoms with E-state index in [-0.39, 0.29) is 5.41 Å². The molecule has 5 aliphatic rings. The Labute approximate surface area is 348 Å². The van der Waals surface area contributed by atoms with Crippen LogP contribution in [0.2, 0.25) is 0 Å². The summed E-state index contributed by atoms with van der Waals surface area (Å²) >= 11 is 1.92. The van der Waals surface area contributed by atoms with Crippen molar-refractivity contribution in [3.05, 3.63) is 169 Å². The first-order valence-corrected chi connectivity index (χ1v) is 24.9. The molecule has 7 aromatic carbocycles. The van der Waals surface area contributed by atoms with E-state index in [0.717, 1.165) is 29.4 Å². The minimum Gasteiger partial charge on any atom is -0.310 e. The summed E-state index contributed by atoms with van der Waals surface area (Å²) in [5, 5.41) is 2.67. The lowest BCUT2D eigenvalue weighted by atomic mass is 9.43. The smallest absolute Gasteiger partial charge is 0.0476 e. The van der Waals surface area contributed by atoms with Gasteiger partial charge in [0.1, 0.15) is 0 Å². The highest BCUT2D eigenvalue weighted by atomic mass is 32.3. The van der Waals surface area contributed by atoms with Crippen LogP contribution in [0.5, 0.6) is 0 Å². The fourth-order valence-corrected chi connectivity index (χ4v) is 14.4. The van der Waals surface area contributed by atoms with Gasteiger partial charge < -0.3 is 4.90 Å². The molecule has 0 saturated heterocycles. The van der Waals surface area contributed by atoms with Crippen molar-refractivity contribution in [2.75, 3.05) is 23.7 Å². The summed E-state index contributed by atoms with van der Waals surface area (Å²) in [6.07, 6.45) is 14.3. The van der Waals surface area contributed by atoms with Crippen LogP contribution >= 0.6 is 21.4 Å². The maximum absolute atomic E-state index is 2.56. The van der Waals surface area contributed by atoms with Crippen LogP contribution in [0.3, 0.4) is 0 Å². The van der Waals surface area contributed by atoms with Crippen molar-refractivity contribution in [2.45, 2.75) is 42.4 Å². The van der Waals surface area contributed by atoms with Crippen molar-refractivity contribution in [1.29, 1.82) is 0 Å². The average Bonchev–Trinajstić information content (AvgIpc) is 3.76. The molecule has 0 unspecified atom stereocenters. The van der Waals surface area contributed by atoms with Gasteiger partial charge in [-0.3, -0.25) is 0 Å². The van der Waals surface area contributed by atoms with Gasteiger partial charge in [0.05, 0.1) is 0 Å². The monoisotopic (exact) mass is 787 g/mol. The molecule has 0 radical (unpaired) electrons. The van der Waals surface area contributed by atoms with Crippen LogP contribution in [-0.4, -0.2) is 18.8 Å². The van der Waals surface area contributed by atoms with Crippen LogP contribution < -0.4 is 4.90 Å². The molecule has 286 valence electrons. The van der Waals surface area contributed by atoms with Gasteiger partial charge in [-0.2, -0.15) is 0 Å². The molecule has 8 aromatic rings. The molecule has 1 aromatic heterocycles. The van der Waals surface area contributed by atoms with E-state index in [1.165, 1.54) is 102 Å². The quantitative estimate of drug-likeness (QED) is 0.162. The molecule has 3 heteroatoms. The van der Waals surface area contributed by atoms with Gasteiger partial charge in [-0.1, -0.05) is 97.1 Å². The Morgan fingerprint density at radius 2 is 1.00 bits per heavy atom. The predicted molar refractivity (Wildman–Crippen MR) is 252 cm³/mol. The summed E-state index contributed by atoms with van der Waals surface area (Å²) in [6, 6.07) is 60.3. The van der Waals surface area contributed by atoms with Crippen LogP contribution in [0.25, 0.3) is 53.6 Å². The van der Waals surface area contributed by atoms with E-state index in [2.05, 4.69) is 181 Å². The topological polar surface area (TPSA) is 3.24 Å². The Hall–Kier alpha value is -5.09. The van der Waals surface area contributed by atoms with E-state index in [9.17, 15) is 0 Å². The Kier molecular flexibility index (Phi) is 7.80. The van der Waals surface area contributed by atoms with Crippen LogP contribution in [0.15, 0.2) is 163 Å². The minimum atomic E-state index is -0.822. The number of benzene rings is 7. The van der Waals surface area contributed by atoms with E-state index in [0.29, 0.717) is 0 Å². The first kappa shape index (κ1) is 34.9. The highest BCUT2D eigenvalue weighted by Gasteiger charge is 2.61. The Morgan fingerprint density at radius 1 is 0.466 bits per heavy atom. The zero-order chi connectivity index (χ0) is 38.8. The molecular weight excluding hydrogens is 739 g/mol. The number of rotatable bonds is 6. The lowest BCUT2D eigenvalue weighted by Gasteiger charge is -2.61. The average molecular weight is 788 g/mol. The fourth-order valence-electron chi connectivity index (χ4n) is 12.3. The van der Waals surface area contributed by atoms with E-state index >= 15 is 0 Å². The fraction of sp³-hybridized carbons (Fsp3) is 0.236. The summed E-state index contributed by atoms with van der Waals surface area (Å²) in [6.45, 7) is 0. The molecule has 0 N–H and O–H groups in total. The molecule has 0 atom stereocenters. The van der Waals surface area contributed by atoms with Crippen molar-refractivity contribution in [1.82, 2.24) is 0 Å². The second kappa shape index (κ2) is 13.0. The Bertz CT molecular complexity index is 2850. The Balaban J connectivity index is 0.926. The van der Waals surface area contributed by atoms with Crippen molar-refractivity contribution >= 4 is 58.6 Å². The summed E-state index contributed by atoms with van der Waals surface area (Å²) in [5.41, 5.74) is 15.1. The van der Waals surface area contributed by atoms with Crippen LogP contribution in [0.1, 0.15) is 43.2 Å². The maximum atomic E-state index is 2.56. The summed E-state index contributed by atoms with van der Waals surface area (Å²) in [5.74, 6) is 3.52. The molecule has 5 aliphatic carbocycles. The Morgan fingerprint density at radius 3 is 1.71 bits per heavy atom. The zero-order valence-corrected chi connectivity index (χ0v) is 35.3. The van der Waals surface area contributed by atoms with E-state index in [1.54, 1.807) is 11.1 Å². The maximum Gasteiger partial charge on any atom is 0.0476 e. The van der Waals surface area contributed by atoms with Gasteiger partial charge in [0.25, 0.3) is 0 Å². The summed E-state index contributed by atoms with van der Waals surface area (Å²) < 4.78 is 2.66. The highest BCUT2D eigenvalue weighted by Crippen LogP contribution is 2.69. The number of hydrogen-bond acceptors (Lipinski definition) is 2. The van der Waals surface area contributed by atoms with Crippen LogP contribution in [0, 0.1) is 23.7 Å². The van der Waals surface area contributed by atoms with Crippen molar-refractivity contribution in [3.8, 4) is 33.4 Å². The number of anilines is 3. The van der Waals surface area contributed by atoms with Gasteiger partial charge in [0.2, 0.25) is 0 Å². The summed E-state index contributed by atoms with van der Waals surface area (Å²) in [4.78, 5) is 3.84. The first-order chi connectivity index (χ1) is 28.3. The molecule has 1 spiro atoms. The van der Waals surface area contributed by atoms with Crippen LogP contribution in [0.4, 0.5) is 17.1 Å². The van der Waals surface area contributed by atoms with Gasteiger partial charge in [0.15, 0.2) is 0 Å². The third-order valence-electron chi connectivity index (χ3n) is 14.6. The third kappa shape index (κ3) is 5.28. The summed E-state index contributed by atoms with van der Waals surface area (Å²) in [7, 11) is -0.822. The van der Waals surface area contributed by atoms with Gasteiger partial charge in [-0.15, -0.1) is 11.3 Å². The minimum absolute atomic E-state index is 0.221. The van der Waals surface area contributed by atoms with Gasteiger partial charge >= 0.3 is 0 Å².